The van der Waals surface area contributed by atoms with Crippen LogP contribution in [0.3, 0.4) is 0 Å². The first kappa shape index (κ1) is 14.2. The fourth-order valence-electron chi connectivity index (χ4n) is 1.81. The van der Waals surface area contributed by atoms with Crippen LogP contribution in [0, 0.1) is 5.41 Å². The van der Waals surface area contributed by atoms with Gasteiger partial charge in [0.15, 0.2) is 0 Å². The average Bonchev–Trinajstić information content (AvgIpc) is 2.48. The molecule has 0 aromatic carbocycles. The second-order valence-corrected chi connectivity index (χ2v) is 5.62. The van der Waals surface area contributed by atoms with Gasteiger partial charge in [0, 0.05) is 6.20 Å². The minimum absolute atomic E-state index is 0.254. The van der Waals surface area contributed by atoms with E-state index < -0.39 is 24.9 Å². The minimum Gasteiger partial charge on any atom is -0.399 e. The summed E-state index contributed by atoms with van der Waals surface area (Å²) >= 11 is 0. The van der Waals surface area contributed by atoms with Crippen LogP contribution in [0.4, 0.5) is 8.78 Å². The first-order valence-corrected chi connectivity index (χ1v) is 6.04. The molecule has 2 heterocycles. The molecule has 1 saturated heterocycles. The highest BCUT2D eigenvalue weighted by Crippen LogP contribution is 2.36. The number of halogens is 2. The van der Waals surface area contributed by atoms with Crippen LogP contribution in [0.5, 0.6) is 0 Å². The molecule has 1 aliphatic rings. The Bertz CT molecular complexity index is 527. The zero-order chi connectivity index (χ0) is 14.4. The second kappa shape index (κ2) is 4.42. The number of aromatic nitrogens is 1. The number of nitrogens with one attached hydrogen (secondary N) is 1. The summed E-state index contributed by atoms with van der Waals surface area (Å²) in [6, 6.07) is 2.88. The summed E-state index contributed by atoms with van der Waals surface area (Å²) in [5.41, 5.74) is -0.815. The fourth-order valence-corrected chi connectivity index (χ4v) is 1.81. The Morgan fingerprint density at radius 1 is 1.16 bits per heavy atom. The van der Waals surface area contributed by atoms with E-state index in [1.165, 1.54) is 12.3 Å². The van der Waals surface area contributed by atoms with Crippen LogP contribution in [0.2, 0.25) is 0 Å². The summed E-state index contributed by atoms with van der Waals surface area (Å²) in [6.45, 7) is 4.83. The fraction of sp³-hybridized carbons (Fsp3) is 0.583. The van der Waals surface area contributed by atoms with Crippen molar-refractivity contribution < 1.29 is 18.1 Å². The average molecular weight is 270 g/mol. The number of alkyl halides is 2. The maximum Gasteiger partial charge on any atom is 0.496 e. The van der Waals surface area contributed by atoms with Crippen LogP contribution in [0.25, 0.3) is 0 Å². The van der Waals surface area contributed by atoms with Gasteiger partial charge in [-0.05, 0) is 39.2 Å². The highest BCUT2D eigenvalue weighted by atomic mass is 19.3. The van der Waals surface area contributed by atoms with Gasteiger partial charge in [0.05, 0.1) is 11.2 Å². The molecule has 1 aliphatic heterocycles. The molecule has 0 saturated carbocycles. The molecule has 0 bridgehead atoms. The summed E-state index contributed by atoms with van der Waals surface area (Å²) in [6.07, 6.45) is 1.20. The molecule has 0 atom stereocenters. The highest BCUT2D eigenvalue weighted by molar-refractivity contribution is 6.62. The normalized spacial score (nSPS) is 21.1. The molecule has 7 heteroatoms. The number of hydrogen-bond acceptors (Lipinski definition) is 3. The molecule has 19 heavy (non-hydrogen) atoms. The Kier molecular flexibility index (Phi) is 3.30. The van der Waals surface area contributed by atoms with Gasteiger partial charge in [-0.2, -0.15) is 8.78 Å². The molecular weight excluding hydrogens is 253 g/mol. The van der Waals surface area contributed by atoms with Gasteiger partial charge < -0.3 is 9.31 Å². The summed E-state index contributed by atoms with van der Waals surface area (Å²) < 4.78 is 37.7. The lowest BCUT2D eigenvalue weighted by molar-refractivity contribution is 0.00578. The molecule has 1 aromatic rings. The van der Waals surface area contributed by atoms with Crippen LogP contribution in [0.15, 0.2) is 18.3 Å². The SMILES string of the molecule is CC1(C)OB(c2ccc(=N)n(C(F)F)c2)OC1(C)C. The lowest BCUT2D eigenvalue weighted by atomic mass is 9.80. The highest BCUT2D eigenvalue weighted by Gasteiger charge is 2.51. The lowest BCUT2D eigenvalue weighted by Gasteiger charge is -2.32. The first-order valence-electron chi connectivity index (χ1n) is 6.04. The largest absolute Gasteiger partial charge is 0.496 e. The van der Waals surface area contributed by atoms with Crippen molar-refractivity contribution in [3.63, 3.8) is 0 Å². The van der Waals surface area contributed by atoms with Gasteiger partial charge in [-0.25, -0.2) is 0 Å². The van der Waals surface area contributed by atoms with E-state index in [-0.39, 0.29) is 5.49 Å². The van der Waals surface area contributed by atoms with Crippen LogP contribution in [0.1, 0.15) is 34.2 Å². The van der Waals surface area contributed by atoms with Gasteiger partial charge >= 0.3 is 13.7 Å². The molecule has 0 radical (unpaired) electrons. The van der Waals surface area contributed by atoms with E-state index in [4.69, 9.17) is 14.7 Å². The molecule has 0 spiro atoms. The second-order valence-electron chi connectivity index (χ2n) is 5.62. The monoisotopic (exact) mass is 270 g/mol. The van der Waals surface area contributed by atoms with E-state index in [0.717, 1.165) is 0 Å². The van der Waals surface area contributed by atoms with Crippen LogP contribution in [-0.4, -0.2) is 22.9 Å². The molecule has 0 aliphatic carbocycles. The number of hydrogen-bond donors (Lipinski definition) is 1. The molecular formula is C12H17BF2N2O2. The number of nitrogens with zero attached hydrogens (tertiary/aromatic N) is 1. The Morgan fingerprint density at radius 3 is 2.16 bits per heavy atom. The van der Waals surface area contributed by atoms with Crippen molar-refractivity contribution in [2.45, 2.75) is 45.4 Å². The van der Waals surface area contributed by atoms with E-state index in [1.807, 2.05) is 27.7 Å². The third-order valence-corrected chi connectivity index (χ3v) is 3.74. The van der Waals surface area contributed by atoms with Gasteiger partial charge in [0.1, 0.15) is 5.49 Å². The van der Waals surface area contributed by atoms with E-state index in [1.54, 1.807) is 6.07 Å². The molecule has 0 unspecified atom stereocenters. The third-order valence-electron chi connectivity index (χ3n) is 3.74. The van der Waals surface area contributed by atoms with E-state index >= 15 is 0 Å². The van der Waals surface area contributed by atoms with E-state index in [9.17, 15) is 8.78 Å². The smallest absolute Gasteiger partial charge is 0.399 e. The van der Waals surface area contributed by atoms with Gasteiger partial charge in [-0.15, -0.1) is 0 Å². The maximum absolute atomic E-state index is 12.8. The summed E-state index contributed by atoms with van der Waals surface area (Å²) in [7, 11) is -0.699. The lowest BCUT2D eigenvalue weighted by Crippen LogP contribution is -2.41. The van der Waals surface area contributed by atoms with Crippen LogP contribution >= 0.6 is 0 Å². The predicted octanol–water partition coefficient (Wildman–Crippen LogP) is 1.66. The number of pyridine rings is 1. The summed E-state index contributed by atoms with van der Waals surface area (Å²) in [5.74, 6) is 0. The molecule has 1 N–H and O–H groups in total. The number of rotatable bonds is 2. The van der Waals surface area contributed by atoms with Crippen LogP contribution in [-0.2, 0) is 9.31 Å². The van der Waals surface area contributed by atoms with Gasteiger partial charge in [0.2, 0.25) is 0 Å². The quantitative estimate of drug-likeness (QED) is 0.831. The van der Waals surface area contributed by atoms with E-state index in [0.29, 0.717) is 10.0 Å². The van der Waals surface area contributed by atoms with Gasteiger partial charge in [-0.3, -0.25) is 9.98 Å². The minimum atomic E-state index is -2.75. The standard InChI is InChI=1S/C12H17BF2N2O2/c1-11(2)12(3,4)19-13(18-11)8-5-6-9(16)17(7-8)10(14)15/h5-7,10,16H,1-4H3. The van der Waals surface area contributed by atoms with Crippen molar-refractivity contribution in [2.75, 3.05) is 0 Å². The zero-order valence-electron chi connectivity index (χ0n) is 11.4. The van der Waals surface area contributed by atoms with Crippen molar-refractivity contribution in [1.29, 1.82) is 5.41 Å². The van der Waals surface area contributed by atoms with Crippen LogP contribution < -0.4 is 11.0 Å². The van der Waals surface area contributed by atoms with Gasteiger partial charge in [0.25, 0.3) is 0 Å². The molecule has 0 amide bonds. The summed E-state index contributed by atoms with van der Waals surface area (Å²) in [5, 5.41) is 7.43. The maximum atomic E-state index is 12.8. The third kappa shape index (κ3) is 2.44. The molecule has 2 rings (SSSR count). The van der Waals surface area contributed by atoms with Crippen molar-refractivity contribution in [2.24, 2.45) is 0 Å². The topological polar surface area (TPSA) is 47.2 Å². The molecule has 1 aromatic heterocycles. The van der Waals surface area contributed by atoms with Crippen molar-refractivity contribution >= 4 is 12.6 Å². The predicted molar refractivity (Wildman–Crippen MR) is 67.3 cm³/mol. The van der Waals surface area contributed by atoms with Crippen molar-refractivity contribution in [1.82, 2.24) is 4.57 Å². The zero-order valence-corrected chi connectivity index (χ0v) is 11.4. The van der Waals surface area contributed by atoms with E-state index in [2.05, 4.69) is 0 Å². The van der Waals surface area contributed by atoms with Crippen molar-refractivity contribution in [3.05, 3.63) is 23.8 Å². The first-order chi connectivity index (χ1) is 8.64. The Hall–Kier alpha value is -1.21. The Balaban J connectivity index is 2.35. The van der Waals surface area contributed by atoms with Crippen molar-refractivity contribution in [3.8, 4) is 0 Å². The molecule has 104 valence electrons. The van der Waals surface area contributed by atoms with Gasteiger partial charge in [-0.1, -0.05) is 6.07 Å². The summed E-state index contributed by atoms with van der Waals surface area (Å²) in [4.78, 5) is 0. The molecule has 4 nitrogen and oxygen atoms in total. The Morgan fingerprint density at radius 2 is 1.68 bits per heavy atom. The Labute approximate surface area is 111 Å². The molecule has 1 fully saturated rings.